The van der Waals surface area contributed by atoms with Gasteiger partial charge in [0.25, 0.3) is 5.91 Å². The lowest BCUT2D eigenvalue weighted by atomic mass is 10.0. The van der Waals surface area contributed by atoms with Crippen molar-refractivity contribution in [1.29, 1.82) is 0 Å². The van der Waals surface area contributed by atoms with Crippen molar-refractivity contribution in [3.8, 4) is 34.1 Å². The smallest absolute Gasteiger partial charge is 0.259 e. The van der Waals surface area contributed by atoms with Crippen LogP contribution in [-0.2, 0) is 11.1 Å². The summed E-state index contributed by atoms with van der Waals surface area (Å²) in [5.74, 6) is -2.20. The van der Waals surface area contributed by atoms with Gasteiger partial charge < -0.3 is 29.9 Å². The number of nitrogens with zero attached hydrogens (tertiary/aromatic N) is 6. The summed E-state index contributed by atoms with van der Waals surface area (Å²) in [5.41, 5.74) is 2.88. The van der Waals surface area contributed by atoms with Crippen molar-refractivity contribution < 1.29 is 32.2 Å². The Morgan fingerprint density at radius 2 is 1.78 bits per heavy atom. The first-order valence-corrected chi connectivity index (χ1v) is 18.3. The van der Waals surface area contributed by atoms with Crippen LogP contribution in [0.25, 0.3) is 28.3 Å². The zero-order chi connectivity index (χ0) is 37.9. The van der Waals surface area contributed by atoms with Crippen molar-refractivity contribution in [3.05, 3.63) is 107 Å². The van der Waals surface area contributed by atoms with E-state index in [0.717, 1.165) is 12.1 Å². The quantitative estimate of drug-likeness (QED) is 0.0848. The first-order valence-electron chi connectivity index (χ1n) is 16.7. The molecule has 1 aliphatic rings. The van der Waals surface area contributed by atoms with Gasteiger partial charge in [0, 0.05) is 56.7 Å². The molecule has 4 N–H and O–H groups in total. The third kappa shape index (κ3) is 7.68. The molecule has 4 heterocycles. The van der Waals surface area contributed by atoms with Gasteiger partial charge in [-0.05, 0) is 54.6 Å². The first kappa shape index (κ1) is 36.7. The summed E-state index contributed by atoms with van der Waals surface area (Å²) in [6.07, 6.45) is 3.36. The molecule has 1 atom stereocenters. The minimum atomic E-state index is -1.84. The highest BCUT2D eigenvalue weighted by Crippen LogP contribution is 2.39. The van der Waals surface area contributed by atoms with E-state index in [-0.39, 0.29) is 34.5 Å². The number of aromatic nitrogens is 4. The fourth-order valence-electron chi connectivity index (χ4n) is 6.26. The van der Waals surface area contributed by atoms with Gasteiger partial charge in [0.05, 0.1) is 51.9 Å². The van der Waals surface area contributed by atoms with E-state index in [9.17, 15) is 22.9 Å². The van der Waals surface area contributed by atoms with Crippen LogP contribution in [0.5, 0.6) is 11.5 Å². The second-order valence-electron chi connectivity index (χ2n) is 12.3. The number of phenolic OH excluding ortho intramolecular Hbond substituents is 1. The Kier molecular flexibility index (Phi) is 10.7. The number of ether oxygens (including phenoxy) is 1. The lowest BCUT2D eigenvalue weighted by Gasteiger charge is -2.36. The summed E-state index contributed by atoms with van der Waals surface area (Å²) in [4.78, 5) is 31.5. The van der Waals surface area contributed by atoms with Gasteiger partial charge in [-0.2, -0.15) is 0 Å². The van der Waals surface area contributed by atoms with Crippen molar-refractivity contribution in [2.24, 2.45) is 0 Å². The highest BCUT2D eigenvalue weighted by Gasteiger charge is 2.24. The van der Waals surface area contributed by atoms with Gasteiger partial charge in [-0.1, -0.05) is 23.7 Å². The van der Waals surface area contributed by atoms with Gasteiger partial charge in [-0.3, -0.25) is 14.1 Å². The average Bonchev–Trinajstić information content (AvgIpc) is 3.56. The second-order valence-corrected chi connectivity index (χ2v) is 13.7. The van der Waals surface area contributed by atoms with E-state index in [2.05, 4.69) is 20.5 Å². The summed E-state index contributed by atoms with van der Waals surface area (Å²) < 4.78 is 56.3. The lowest BCUT2D eigenvalue weighted by molar-refractivity contribution is 0.102. The van der Waals surface area contributed by atoms with Crippen LogP contribution in [-0.4, -0.2) is 89.6 Å². The maximum absolute atomic E-state index is 14.4. The van der Waals surface area contributed by atoms with Crippen LogP contribution < -0.4 is 20.3 Å². The van der Waals surface area contributed by atoms with E-state index in [4.69, 9.17) is 30.9 Å². The molecule has 0 saturated carbocycles. The van der Waals surface area contributed by atoms with Gasteiger partial charge in [0.2, 0.25) is 5.95 Å². The van der Waals surface area contributed by atoms with E-state index in [1.165, 1.54) is 19.2 Å². The van der Waals surface area contributed by atoms with Crippen LogP contribution in [0.15, 0.2) is 85.2 Å². The largest absolute Gasteiger partial charge is 0.506 e. The van der Waals surface area contributed by atoms with Gasteiger partial charge in [-0.15, -0.1) is 0 Å². The predicted molar refractivity (Wildman–Crippen MR) is 203 cm³/mol. The Labute approximate surface area is 315 Å². The fourth-order valence-corrected chi connectivity index (χ4v) is 6.95. The average molecular weight is 775 g/mol. The topological polar surface area (TPSA) is 157 Å². The number of hydrogen-bond donors (Lipinski definition) is 4. The number of phenols is 1. The number of methoxy groups -OCH3 is 1. The van der Waals surface area contributed by atoms with Crippen molar-refractivity contribution in [3.63, 3.8) is 0 Å². The van der Waals surface area contributed by atoms with Gasteiger partial charge >= 0.3 is 0 Å². The number of aromatic hydroxyl groups is 1. The number of amides is 1. The maximum atomic E-state index is 14.4. The lowest BCUT2D eigenvalue weighted by Crippen LogP contribution is -2.47. The predicted octanol–water partition coefficient (Wildman–Crippen LogP) is 6.44. The number of anilines is 4. The number of halogens is 3. The number of carbonyl (C=O) groups is 1. The molecule has 0 aliphatic carbocycles. The second kappa shape index (κ2) is 15.7. The molecule has 1 unspecified atom stereocenters. The SMILES string of the molecule is COc1ccc(-c2nc3ccccn3c2-c2ccnc(Nc3cc(Cl)c(N4CCN(CCS(=O)O)CC4)cc3O)n2)cc1C(=O)Nc1c(F)cccc1F. The molecule has 3 aromatic carbocycles. The molecule has 3 aromatic heterocycles. The standard InChI is InChI=1S/C37H33ClF2N8O5S/c1-53-31-9-8-22(19-23(31)36(50)45-34-25(39)5-4-6-26(34)40)33-35(48-12-3-2-7-32(48)44-33)27-10-11-41-37(42-27)43-28-20-24(38)29(21-30(28)49)47-15-13-46(14-16-47)17-18-54(51)52/h2-12,19-21,49H,13-18H2,1H3,(H,45,50)(H,51,52)(H,41,42,43). The number of piperazine rings is 1. The molecule has 1 fully saturated rings. The van der Waals surface area contributed by atoms with E-state index in [0.29, 0.717) is 71.7 Å². The van der Waals surface area contributed by atoms with E-state index >= 15 is 0 Å². The molecule has 13 nitrogen and oxygen atoms in total. The van der Waals surface area contributed by atoms with Crippen LogP contribution in [0.2, 0.25) is 5.02 Å². The molecule has 0 radical (unpaired) electrons. The highest BCUT2D eigenvalue weighted by molar-refractivity contribution is 7.79. The van der Waals surface area contributed by atoms with Crippen LogP contribution in [0.1, 0.15) is 10.4 Å². The van der Waals surface area contributed by atoms with Gasteiger partial charge in [0.15, 0.2) is 11.1 Å². The zero-order valence-electron chi connectivity index (χ0n) is 28.7. The Morgan fingerprint density at radius 3 is 2.52 bits per heavy atom. The molecule has 17 heteroatoms. The number of imidazole rings is 1. The third-order valence-corrected chi connectivity index (χ3v) is 9.79. The minimum absolute atomic E-state index is 0.0165. The Balaban J connectivity index is 1.18. The fraction of sp³-hybridized carbons (Fsp3) is 0.189. The van der Waals surface area contributed by atoms with Crippen LogP contribution >= 0.6 is 11.6 Å². The molecule has 1 amide bonds. The number of hydrogen-bond acceptors (Lipinski definition) is 10. The number of rotatable bonds is 11. The van der Waals surface area contributed by atoms with Crippen molar-refractivity contribution in [1.82, 2.24) is 24.3 Å². The number of benzene rings is 3. The van der Waals surface area contributed by atoms with Gasteiger partial charge in [0.1, 0.15) is 34.5 Å². The van der Waals surface area contributed by atoms with Crippen molar-refractivity contribution in [2.75, 3.05) is 61.1 Å². The summed E-state index contributed by atoms with van der Waals surface area (Å²) in [6.45, 7) is 3.13. The Hall–Kier alpha value is -5.68. The molecular weight excluding hydrogens is 742 g/mol. The van der Waals surface area contributed by atoms with Crippen molar-refractivity contribution in [2.45, 2.75) is 0 Å². The van der Waals surface area contributed by atoms with Gasteiger partial charge in [-0.25, -0.2) is 27.9 Å². The summed E-state index contributed by atoms with van der Waals surface area (Å²) >= 11 is 4.87. The molecule has 6 aromatic rings. The molecule has 7 rings (SSSR count). The summed E-state index contributed by atoms with van der Waals surface area (Å²) in [6, 6.07) is 18.4. The molecule has 1 aliphatic heterocycles. The van der Waals surface area contributed by atoms with Crippen LogP contribution in [0.3, 0.4) is 0 Å². The zero-order valence-corrected chi connectivity index (χ0v) is 30.2. The Bertz CT molecular complexity index is 2370. The van der Waals surface area contributed by atoms with Crippen LogP contribution in [0.4, 0.5) is 31.8 Å². The molecule has 1 saturated heterocycles. The molecule has 0 spiro atoms. The number of para-hydroxylation sites is 1. The maximum Gasteiger partial charge on any atom is 0.259 e. The number of pyridine rings is 1. The molecule has 0 bridgehead atoms. The highest BCUT2D eigenvalue weighted by atomic mass is 35.5. The molecular formula is C37H33ClF2N8O5S. The normalized spacial score (nSPS) is 13.9. The third-order valence-electron chi connectivity index (χ3n) is 8.95. The number of carbonyl (C=O) groups excluding carboxylic acids is 1. The van der Waals surface area contributed by atoms with Crippen LogP contribution in [0, 0.1) is 11.6 Å². The van der Waals surface area contributed by atoms with Crippen molar-refractivity contribution >= 4 is 57.2 Å². The first-order chi connectivity index (χ1) is 26.1. The Morgan fingerprint density at radius 1 is 1.00 bits per heavy atom. The van der Waals surface area contributed by atoms with E-state index < -0.39 is 34.3 Å². The number of nitrogens with one attached hydrogen (secondary N) is 2. The number of fused-ring (bicyclic) bond motifs is 1. The minimum Gasteiger partial charge on any atom is -0.506 e. The molecule has 278 valence electrons. The summed E-state index contributed by atoms with van der Waals surface area (Å²) in [7, 11) is 1.38. The van der Waals surface area contributed by atoms with E-state index in [1.807, 2.05) is 33.7 Å². The summed E-state index contributed by atoms with van der Waals surface area (Å²) in [5, 5.41) is 16.8. The van der Waals surface area contributed by atoms with E-state index in [1.54, 1.807) is 36.5 Å². The monoisotopic (exact) mass is 774 g/mol. The molecule has 54 heavy (non-hydrogen) atoms.